The normalized spacial score (nSPS) is 10.9. The lowest BCUT2D eigenvalue weighted by atomic mass is 10.1. The Morgan fingerprint density at radius 3 is 2.61 bits per heavy atom. The largest absolute Gasteiger partial charge is 0.490 e. The van der Waals surface area contributed by atoms with E-state index in [0.29, 0.717) is 16.9 Å². The zero-order valence-electron chi connectivity index (χ0n) is 10.9. The number of carbonyl (C=O) groups excluding carboxylic acids is 1. The number of furan rings is 1. The Balaban J connectivity index is 2.60. The van der Waals surface area contributed by atoms with Crippen LogP contribution < -0.4 is 4.74 Å². The molecule has 0 atom stereocenters. The molecule has 18 heavy (non-hydrogen) atoms. The molecule has 1 heterocycles. The van der Waals surface area contributed by atoms with Crippen LogP contribution in [0.15, 0.2) is 22.6 Å². The van der Waals surface area contributed by atoms with E-state index in [4.69, 9.17) is 13.9 Å². The van der Waals surface area contributed by atoms with Crippen LogP contribution in [0.2, 0.25) is 0 Å². The van der Waals surface area contributed by atoms with Crippen molar-refractivity contribution in [2.24, 2.45) is 0 Å². The SMILES string of the molecule is COC(=O)c1cc(OC(C)C)c2cc(C)oc2c1. The Morgan fingerprint density at radius 1 is 1.28 bits per heavy atom. The molecular weight excluding hydrogens is 232 g/mol. The summed E-state index contributed by atoms with van der Waals surface area (Å²) in [7, 11) is 1.35. The van der Waals surface area contributed by atoms with Crippen molar-refractivity contribution in [2.45, 2.75) is 26.9 Å². The summed E-state index contributed by atoms with van der Waals surface area (Å²) in [4.78, 5) is 11.6. The number of aryl methyl sites for hydroxylation is 1. The van der Waals surface area contributed by atoms with Crippen LogP contribution in [-0.4, -0.2) is 19.2 Å². The van der Waals surface area contributed by atoms with E-state index >= 15 is 0 Å². The Morgan fingerprint density at radius 2 is 2.00 bits per heavy atom. The molecule has 2 aromatic rings. The number of hydrogen-bond acceptors (Lipinski definition) is 4. The number of hydrogen-bond donors (Lipinski definition) is 0. The van der Waals surface area contributed by atoms with Crippen molar-refractivity contribution in [1.82, 2.24) is 0 Å². The molecule has 2 rings (SSSR count). The van der Waals surface area contributed by atoms with Crippen molar-refractivity contribution >= 4 is 16.9 Å². The number of ether oxygens (including phenoxy) is 2. The Hall–Kier alpha value is -1.97. The highest BCUT2D eigenvalue weighted by Crippen LogP contribution is 2.31. The van der Waals surface area contributed by atoms with Crippen LogP contribution in [0, 0.1) is 6.92 Å². The minimum Gasteiger partial charge on any atom is -0.490 e. The molecule has 4 heteroatoms. The van der Waals surface area contributed by atoms with E-state index in [9.17, 15) is 4.79 Å². The fourth-order valence-electron chi connectivity index (χ4n) is 1.82. The van der Waals surface area contributed by atoms with Gasteiger partial charge in [0.15, 0.2) is 0 Å². The van der Waals surface area contributed by atoms with E-state index in [0.717, 1.165) is 11.1 Å². The molecule has 0 radical (unpaired) electrons. The Labute approximate surface area is 105 Å². The van der Waals surface area contributed by atoms with E-state index in [-0.39, 0.29) is 6.10 Å². The fourth-order valence-corrected chi connectivity index (χ4v) is 1.82. The van der Waals surface area contributed by atoms with Crippen molar-refractivity contribution in [3.8, 4) is 5.75 Å². The number of methoxy groups -OCH3 is 1. The van der Waals surface area contributed by atoms with Crippen molar-refractivity contribution in [3.63, 3.8) is 0 Å². The van der Waals surface area contributed by atoms with Gasteiger partial charge in [-0.2, -0.15) is 0 Å². The van der Waals surface area contributed by atoms with E-state index in [1.165, 1.54) is 7.11 Å². The van der Waals surface area contributed by atoms with Crippen LogP contribution in [-0.2, 0) is 4.74 Å². The van der Waals surface area contributed by atoms with Crippen molar-refractivity contribution in [2.75, 3.05) is 7.11 Å². The molecule has 4 nitrogen and oxygen atoms in total. The first kappa shape index (κ1) is 12.5. The molecule has 0 saturated carbocycles. The molecule has 0 aliphatic heterocycles. The molecular formula is C14H16O4. The quantitative estimate of drug-likeness (QED) is 0.782. The average Bonchev–Trinajstić information content (AvgIpc) is 2.68. The van der Waals surface area contributed by atoms with Gasteiger partial charge in [0.1, 0.15) is 17.1 Å². The summed E-state index contributed by atoms with van der Waals surface area (Å²) in [5.41, 5.74) is 1.06. The predicted molar refractivity (Wildman–Crippen MR) is 68.1 cm³/mol. The summed E-state index contributed by atoms with van der Waals surface area (Å²) in [5, 5.41) is 0.869. The Bertz CT molecular complexity index is 581. The van der Waals surface area contributed by atoms with Gasteiger partial charge >= 0.3 is 5.97 Å². The van der Waals surface area contributed by atoms with E-state index in [1.54, 1.807) is 12.1 Å². The maximum Gasteiger partial charge on any atom is 0.338 e. The van der Waals surface area contributed by atoms with E-state index in [2.05, 4.69) is 0 Å². The molecule has 96 valence electrons. The van der Waals surface area contributed by atoms with Crippen molar-refractivity contribution < 1.29 is 18.7 Å². The smallest absolute Gasteiger partial charge is 0.338 e. The number of esters is 1. The molecule has 0 unspecified atom stereocenters. The van der Waals surface area contributed by atoms with E-state index in [1.807, 2.05) is 26.8 Å². The first-order chi connectivity index (χ1) is 8.51. The molecule has 1 aromatic carbocycles. The average molecular weight is 248 g/mol. The number of fused-ring (bicyclic) bond motifs is 1. The van der Waals surface area contributed by atoms with Crippen molar-refractivity contribution in [3.05, 3.63) is 29.5 Å². The number of carbonyl (C=O) groups is 1. The first-order valence-corrected chi connectivity index (χ1v) is 5.80. The van der Waals surface area contributed by atoms with Gasteiger partial charge in [0.05, 0.1) is 24.2 Å². The predicted octanol–water partition coefficient (Wildman–Crippen LogP) is 3.32. The van der Waals surface area contributed by atoms with Gasteiger partial charge in [0.25, 0.3) is 0 Å². The summed E-state index contributed by atoms with van der Waals surface area (Å²) in [6, 6.07) is 5.25. The van der Waals surface area contributed by atoms with Gasteiger partial charge in [-0.15, -0.1) is 0 Å². The van der Waals surface area contributed by atoms with Gasteiger partial charge in [-0.25, -0.2) is 4.79 Å². The molecule has 0 aliphatic carbocycles. The molecule has 0 aliphatic rings. The standard InChI is InChI=1S/C14H16O4/c1-8(2)17-12-6-10(14(15)16-4)7-13-11(12)5-9(3)18-13/h5-8H,1-4H3. The Kier molecular flexibility index (Phi) is 3.28. The van der Waals surface area contributed by atoms with Gasteiger partial charge in [-0.05, 0) is 39.0 Å². The molecule has 0 fully saturated rings. The van der Waals surface area contributed by atoms with Crippen LogP contribution in [0.1, 0.15) is 30.0 Å². The zero-order valence-corrected chi connectivity index (χ0v) is 10.9. The second-order valence-corrected chi connectivity index (χ2v) is 4.40. The monoisotopic (exact) mass is 248 g/mol. The molecule has 0 amide bonds. The van der Waals surface area contributed by atoms with Crippen LogP contribution >= 0.6 is 0 Å². The summed E-state index contributed by atoms with van der Waals surface area (Å²) >= 11 is 0. The summed E-state index contributed by atoms with van der Waals surface area (Å²) in [6.45, 7) is 5.73. The van der Waals surface area contributed by atoms with Crippen LogP contribution in [0.3, 0.4) is 0 Å². The maximum atomic E-state index is 11.6. The maximum absolute atomic E-state index is 11.6. The van der Waals surface area contributed by atoms with Gasteiger partial charge in [-0.1, -0.05) is 0 Å². The minimum absolute atomic E-state index is 0.0244. The van der Waals surface area contributed by atoms with Gasteiger partial charge in [0, 0.05) is 0 Å². The van der Waals surface area contributed by atoms with Crippen molar-refractivity contribution in [1.29, 1.82) is 0 Å². The third kappa shape index (κ3) is 2.32. The third-order valence-electron chi connectivity index (χ3n) is 2.51. The third-order valence-corrected chi connectivity index (χ3v) is 2.51. The highest BCUT2D eigenvalue weighted by molar-refractivity contribution is 5.96. The molecule has 1 aromatic heterocycles. The fraction of sp³-hybridized carbons (Fsp3) is 0.357. The van der Waals surface area contributed by atoms with E-state index < -0.39 is 5.97 Å². The van der Waals surface area contributed by atoms with Gasteiger partial charge in [-0.3, -0.25) is 0 Å². The zero-order chi connectivity index (χ0) is 13.3. The molecule has 0 N–H and O–H groups in total. The van der Waals surface area contributed by atoms with Crippen LogP contribution in [0.5, 0.6) is 5.75 Å². The molecule has 0 saturated heterocycles. The highest BCUT2D eigenvalue weighted by Gasteiger charge is 2.15. The number of benzene rings is 1. The topological polar surface area (TPSA) is 48.7 Å². The lowest BCUT2D eigenvalue weighted by molar-refractivity contribution is 0.0600. The molecule has 0 spiro atoms. The van der Waals surface area contributed by atoms with Crippen LogP contribution in [0.25, 0.3) is 11.0 Å². The lowest BCUT2D eigenvalue weighted by Crippen LogP contribution is -2.07. The number of rotatable bonds is 3. The second-order valence-electron chi connectivity index (χ2n) is 4.40. The lowest BCUT2D eigenvalue weighted by Gasteiger charge is -2.11. The summed E-state index contributed by atoms with van der Waals surface area (Å²) in [6.07, 6.45) is 0.0244. The summed E-state index contributed by atoms with van der Waals surface area (Å²) < 4.78 is 16.0. The minimum atomic E-state index is -0.403. The van der Waals surface area contributed by atoms with Gasteiger partial charge < -0.3 is 13.9 Å². The summed E-state index contributed by atoms with van der Waals surface area (Å²) in [5.74, 6) is 1.01. The second kappa shape index (κ2) is 4.72. The van der Waals surface area contributed by atoms with Crippen LogP contribution in [0.4, 0.5) is 0 Å². The first-order valence-electron chi connectivity index (χ1n) is 5.80. The highest BCUT2D eigenvalue weighted by atomic mass is 16.5. The molecule has 0 bridgehead atoms. The van der Waals surface area contributed by atoms with Gasteiger partial charge in [0.2, 0.25) is 0 Å².